The van der Waals surface area contributed by atoms with Crippen molar-refractivity contribution >= 4 is 21.8 Å². The van der Waals surface area contributed by atoms with Crippen LogP contribution in [0.2, 0.25) is 0 Å². The van der Waals surface area contributed by atoms with Crippen LogP contribution in [0.5, 0.6) is 0 Å². The van der Waals surface area contributed by atoms with Crippen molar-refractivity contribution in [2.45, 2.75) is 24.8 Å². The Morgan fingerprint density at radius 2 is 1.64 bits per heavy atom. The molecule has 0 saturated heterocycles. The number of aromatic nitrogens is 2. The highest BCUT2D eigenvalue weighted by Crippen LogP contribution is 2.12. The lowest BCUT2D eigenvalue weighted by atomic mass is 10.1. The van der Waals surface area contributed by atoms with Gasteiger partial charge in [-0.3, -0.25) is 0 Å². The lowest BCUT2D eigenvalue weighted by molar-refractivity contribution is 0.598. The fraction of sp³-hybridized carbons (Fsp3) is 0.200. The van der Waals surface area contributed by atoms with Crippen LogP contribution in [0.25, 0.3) is 0 Å². The molecule has 0 aliphatic heterocycles. The number of aryl methyl sites for hydroxylation is 1. The summed E-state index contributed by atoms with van der Waals surface area (Å²) >= 11 is 0. The first-order chi connectivity index (χ1) is 13.4. The molecular weight excluding hydrogens is 374 g/mol. The third kappa shape index (κ3) is 5.77. The number of benzene rings is 2. The minimum atomic E-state index is -3.66. The summed E-state index contributed by atoms with van der Waals surface area (Å²) in [5.41, 5.74) is 3.03. The zero-order chi connectivity index (χ0) is 20.0. The molecule has 146 valence electrons. The van der Waals surface area contributed by atoms with E-state index in [1.165, 1.54) is 12.1 Å². The molecule has 8 heteroatoms. The first-order valence-corrected chi connectivity index (χ1v) is 10.4. The topological polar surface area (TPSA) is 110 Å². The summed E-state index contributed by atoms with van der Waals surface area (Å²) in [6.45, 7) is 3.23. The Morgan fingerprint density at radius 3 is 2.32 bits per heavy atom. The number of nitrogens with zero attached hydrogens (tertiary/aromatic N) is 2. The van der Waals surface area contributed by atoms with Crippen molar-refractivity contribution in [1.29, 1.82) is 0 Å². The van der Waals surface area contributed by atoms with Crippen molar-refractivity contribution in [1.82, 2.24) is 9.97 Å². The number of nitrogens with two attached hydrogens (primary N) is 1. The zero-order valence-electron chi connectivity index (χ0n) is 15.6. The van der Waals surface area contributed by atoms with Crippen LogP contribution < -0.4 is 15.8 Å². The van der Waals surface area contributed by atoms with Crippen molar-refractivity contribution in [3.05, 3.63) is 77.5 Å². The number of sulfonamides is 1. The number of nitrogens with one attached hydrogen (secondary N) is 2. The molecule has 0 unspecified atom stereocenters. The zero-order valence-corrected chi connectivity index (χ0v) is 16.4. The van der Waals surface area contributed by atoms with Crippen molar-refractivity contribution in [3.63, 3.8) is 0 Å². The van der Waals surface area contributed by atoms with E-state index in [0.29, 0.717) is 19.0 Å². The number of hydrogen-bond donors (Lipinski definition) is 3. The van der Waals surface area contributed by atoms with Crippen molar-refractivity contribution < 1.29 is 8.42 Å². The van der Waals surface area contributed by atoms with E-state index in [-0.39, 0.29) is 4.90 Å². The Hall–Kier alpha value is -2.97. The van der Waals surface area contributed by atoms with Crippen LogP contribution in [0.1, 0.15) is 16.8 Å². The molecule has 3 aromatic rings. The minimum absolute atomic E-state index is 0.116. The summed E-state index contributed by atoms with van der Waals surface area (Å²) in [6.07, 6.45) is 0.723. The lowest BCUT2D eigenvalue weighted by Gasteiger charge is -2.10. The summed E-state index contributed by atoms with van der Waals surface area (Å²) in [7, 11) is -3.66. The molecule has 0 aliphatic rings. The van der Waals surface area contributed by atoms with E-state index in [1.54, 1.807) is 12.1 Å². The number of anilines is 2. The molecule has 0 bridgehead atoms. The largest absolute Gasteiger partial charge is 0.370 e. The van der Waals surface area contributed by atoms with E-state index in [1.807, 2.05) is 43.3 Å². The average Bonchev–Trinajstić information content (AvgIpc) is 2.67. The van der Waals surface area contributed by atoms with Crippen molar-refractivity contribution in [2.24, 2.45) is 5.14 Å². The van der Waals surface area contributed by atoms with Gasteiger partial charge in [-0.2, -0.15) is 4.98 Å². The molecule has 3 rings (SSSR count). The molecule has 1 heterocycles. The van der Waals surface area contributed by atoms with Gasteiger partial charge < -0.3 is 10.6 Å². The summed E-state index contributed by atoms with van der Waals surface area (Å²) in [5.74, 6) is 1.31. The third-order valence-electron chi connectivity index (χ3n) is 4.12. The molecule has 0 atom stereocenters. The molecule has 7 nitrogen and oxygen atoms in total. The van der Waals surface area contributed by atoms with Crippen LogP contribution in [0, 0.1) is 6.92 Å². The van der Waals surface area contributed by atoms with Gasteiger partial charge in [-0.25, -0.2) is 18.5 Å². The first-order valence-electron chi connectivity index (χ1n) is 8.89. The predicted molar refractivity (Wildman–Crippen MR) is 111 cm³/mol. The fourth-order valence-corrected chi connectivity index (χ4v) is 3.21. The Bertz CT molecular complexity index is 1020. The van der Waals surface area contributed by atoms with Gasteiger partial charge >= 0.3 is 0 Å². The minimum Gasteiger partial charge on any atom is -0.370 e. The van der Waals surface area contributed by atoms with E-state index >= 15 is 0 Å². The number of rotatable bonds is 8. The maximum Gasteiger partial charge on any atom is 0.238 e. The average molecular weight is 398 g/mol. The van der Waals surface area contributed by atoms with Crippen LogP contribution in [-0.2, 0) is 23.0 Å². The van der Waals surface area contributed by atoms with Crippen LogP contribution in [0.4, 0.5) is 11.8 Å². The molecule has 0 aliphatic carbocycles. The van der Waals surface area contributed by atoms with E-state index in [2.05, 4.69) is 20.6 Å². The second-order valence-corrected chi connectivity index (χ2v) is 7.98. The van der Waals surface area contributed by atoms with E-state index < -0.39 is 10.0 Å². The highest BCUT2D eigenvalue weighted by atomic mass is 32.2. The van der Waals surface area contributed by atoms with Gasteiger partial charge in [-0.1, -0.05) is 42.5 Å². The summed E-state index contributed by atoms with van der Waals surface area (Å²) < 4.78 is 22.6. The highest BCUT2D eigenvalue weighted by Gasteiger charge is 2.07. The predicted octanol–water partition coefficient (Wildman–Crippen LogP) is 2.70. The lowest BCUT2D eigenvalue weighted by Crippen LogP contribution is -2.12. The Morgan fingerprint density at radius 1 is 0.929 bits per heavy atom. The van der Waals surface area contributed by atoms with Gasteiger partial charge in [0.1, 0.15) is 5.82 Å². The van der Waals surface area contributed by atoms with Crippen LogP contribution in [0.3, 0.4) is 0 Å². The SMILES string of the molecule is Cc1cc(NCCc2ccc(S(N)(=O)=O)cc2)nc(NCc2ccccc2)n1. The Balaban J connectivity index is 1.56. The highest BCUT2D eigenvalue weighted by molar-refractivity contribution is 7.89. The maximum atomic E-state index is 11.3. The molecule has 1 aromatic heterocycles. The molecule has 4 N–H and O–H groups in total. The first kappa shape index (κ1) is 19.8. The van der Waals surface area contributed by atoms with Gasteiger partial charge in [-0.05, 0) is 36.6 Å². The quantitative estimate of drug-likeness (QED) is 0.539. The van der Waals surface area contributed by atoms with E-state index in [4.69, 9.17) is 5.14 Å². The maximum absolute atomic E-state index is 11.3. The molecule has 28 heavy (non-hydrogen) atoms. The van der Waals surface area contributed by atoms with E-state index in [9.17, 15) is 8.42 Å². The van der Waals surface area contributed by atoms with Crippen LogP contribution in [0.15, 0.2) is 65.6 Å². The van der Waals surface area contributed by atoms with Crippen molar-refractivity contribution in [2.75, 3.05) is 17.2 Å². The van der Waals surface area contributed by atoms with E-state index in [0.717, 1.165) is 29.1 Å². The van der Waals surface area contributed by atoms with Crippen molar-refractivity contribution in [3.8, 4) is 0 Å². The smallest absolute Gasteiger partial charge is 0.238 e. The number of primary sulfonamides is 1. The summed E-state index contributed by atoms with van der Waals surface area (Å²) in [6, 6.07) is 18.5. The van der Waals surface area contributed by atoms with Gasteiger partial charge in [0, 0.05) is 24.8 Å². The summed E-state index contributed by atoms with van der Waals surface area (Å²) in [5, 5.41) is 11.6. The monoisotopic (exact) mass is 397 g/mol. The third-order valence-corrected chi connectivity index (χ3v) is 5.05. The number of hydrogen-bond acceptors (Lipinski definition) is 6. The van der Waals surface area contributed by atoms with Gasteiger partial charge in [0.2, 0.25) is 16.0 Å². The van der Waals surface area contributed by atoms with Gasteiger partial charge in [0.05, 0.1) is 4.90 Å². The van der Waals surface area contributed by atoms with Crippen LogP contribution in [-0.4, -0.2) is 24.9 Å². The van der Waals surface area contributed by atoms with Gasteiger partial charge in [0.25, 0.3) is 0 Å². The molecule has 0 amide bonds. The Labute approximate surface area is 165 Å². The molecule has 0 spiro atoms. The molecular formula is C20H23N5O2S. The second kappa shape index (κ2) is 8.81. The molecule has 0 saturated carbocycles. The fourth-order valence-electron chi connectivity index (χ4n) is 2.70. The Kier molecular flexibility index (Phi) is 6.23. The normalized spacial score (nSPS) is 11.2. The van der Waals surface area contributed by atoms with Gasteiger partial charge in [0.15, 0.2) is 0 Å². The van der Waals surface area contributed by atoms with Crippen LogP contribution >= 0.6 is 0 Å². The molecule has 0 radical (unpaired) electrons. The standard InChI is InChI=1S/C20H23N5O2S/c1-15-13-19(25-20(24-15)23-14-17-5-3-2-4-6-17)22-12-11-16-7-9-18(10-8-16)28(21,26)27/h2-10,13H,11-12,14H2,1H3,(H2,21,26,27)(H2,22,23,24,25). The molecule has 2 aromatic carbocycles. The second-order valence-electron chi connectivity index (χ2n) is 6.42. The van der Waals surface area contributed by atoms with Gasteiger partial charge in [-0.15, -0.1) is 0 Å². The summed E-state index contributed by atoms with van der Waals surface area (Å²) in [4.78, 5) is 9.03. The molecule has 0 fully saturated rings.